The van der Waals surface area contributed by atoms with Crippen LogP contribution in [0.25, 0.3) is 0 Å². The summed E-state index contributed by atoms with van der Waals surface area (Å²) in [4.78, 5) is 24.6. The van der Waals surface area contributed by atoms with E-state index in [9.17, 15) is 18.0 Å². The number of benzene rings is 2. The second-order valence-corrected chi connectivity index (χ2v) is 9.02. The molecule has 180 valence electrons. The zero-order chi connectivity index (χ0) is 24.1. The van der Waals surface area contributed by atoms with E-state index < -0.39 is 10.3 Å². The van der Waals surface area contributed by atoms with Crippen molar-refractivity contribution in [1.82, 2.24) is 5.32 Å². The molecule has 2 aromatic rings. The lowest BCUT2D eigenvalue weighted by atomic mass is 10.1. The van der Waals surface area contributed by atoms with Crippen molar-refractivity contribution in [1.29, 1.82) is 0 Å². The zero-order valence-electron chi connectivity index (χ0n) is 19.0. The van der Waals surface area contributed by atoms with Crippen molar-refractivity contribution in [2.24, 2.45) is 5.14 Å². The van der Waals surface area contributed by atoms with Crippen LogP contribution in [0, 0.1) is 0 Å². The first kappa shape index (κ1) is 26.3. The van der Waals surface area contributed by atoms with E-state index in [1.165, 1.54) is 31.4 Å². The fourth-order valence-corrected chi connectivity index (χ4v) is 3.68. The summed E-state index contributed by atoms with van der Waals surface area (Å²) in [5.41, 5.74) is 1.96. The Morgan fingerprint density at radius 1 is 0.970 bits per heavy atom. The number of hydrogen-bond acceptors (Lipinski definition) is 5. The fraction of sp³-hybridized carbons (Fsp3) is 0.417. The Morgan fingerprint density at radius 3 is 2.36 bits per heavy atom. The molecule has 0 radical (unpaired) electrons. The summed E-state index contributed by atoms with van der Waals surface area (Å²) in [7, 11) is -4.05. The lowest BCUT2D eigenvalue weighted by Crippen LogP contribution is -2.25. The molecule has 0 fully saturated rings. The minimum absolute atomic E-state index is 0.0436. The number of nitrogens with one attached hydrogen (secondary N) is 2. The first-order chi connectivity index (χ1) is 15.8. The van der Waals surface area contributed by atoms with E-state index in [0.29, 0.717) is 30.6 Å². The van der Waals surface area contributed by atoms with Gasteiger partial charge in [0.15, 0.2) is 0 Å². The molecule has 0 aliphatic heterocycles. The molecule has 33 heavy (non-hydrogen) atoms. The third-order valence-corrected chi connectivity index (χ3v) is 5.43. The maximum atomic E-state index is 12.5. The van der Waals surface area contributed by atoms with Gasteiger partial charge < -0.3 is 14.8 Å². The Labute approximate surface area is 196 Å². The minimum Gasteiger partial charge on any atom is -0.371 e. The number of amides is 2. The predicted octanol–water partition coefficient (Wildman–Crippen LogP) is 3.93. The zero-order valence-corrected chi connectivity index (χ0v) is 19.8. The number of rotatable bonds is 14. The average molecular weight is 476 g/mol. The largest absolute Gasteiger partial charge is 0.380 e. The van der Waals surface area contributed by atoms with Gasteiger partial charge in [-0.25, -0.2) is 0 Å². The lowest BCUT2D eigenvalue weighted by Gasteiger charge is -2.09. The predicted molar refractivity (Wildman–Crippen MR) is 129 cm³/mol. The minimum atomic E-state index is -4.05. The van der Waals surface area contributed by atoms with Crippen molar-refractivity contribution < 1.29 is 22.2 Å². The van der Waals surface area contributed by atoms with E-state index in [0.717, 1.165) is 24.8 Å². The number of anilines is 1. The molecular weight excluding hydrogens is 442 g/mol. The second-order valence-electron chi connectivity index (χ2n) is 7.87. The van der Waals surface area contributed by atoms with Crippen molar-refractivity contribution >= 4 is 27.8 Å². The molecule has 0 saturated carbocycles. The maximum Gasteiger partial charge on any atom is 0.380 e. The van der Waals surface area contributed by atoms with Gasteiger partial charge in [0.05, 0.1) is 0 Å². The number of unbranched alkanes of at least 4 members (excludes halogenated alkanes) is 5. The van der Waals surface area contributed by atoms with E-state index >= 15 is 0 Å². The monoisotopic (exact) mass is 475 g/mol. The summed E-state index contributed by atoms with van der Waals surface area (Å²) in [5, 5.41) is 10.5. The summed E-state index contributed by atoms with van der Waals surface area (Å²) in [6.07, 6.45) is 7.76. The van der Waals surface area contributed by atoms with Crippen molar-refractivity contribution in [2.45, 2.75) is 58.3 Å². The number of carbonyl (C=O) groups excluding carboxylic acids is 2. The van der Waals surface area contributed by atoms with Crippen LogP contribution in [0.3, 0.4) is 0 Å². The molecule has 2 aromatic carbocycles. The van der Waals surface area contributed by atoms with Gasteiger partial charge in [0, 0.05) is 24.2 Å². The van der Waals surface area contributed by atoms with Gasteiger partial charge in [-0.3, -0.25) is 9.59 Å². The van der Waals surface area contributed by atoms with Crippen molar-refractivity contribution in [3.63, 3.8) is 0 Å². The molecule has 2 rings (SSSR count). The number of nitrogens with two attached hydrogens (primary N) is 1. The Morgan fingerprint density at radius 2 is 1.67 bits per heavy atom. The van der Waals surface area contributed by atoms with Crippen LogP contribution in [-0.2, 0) is 21.5 Å². The highest BCUT2D eigenvalue weighted by Gasteiger charge is 2.09. The first-order valence-electron chi connectivity index (χ1n) is 11.3. The molecule has 0 spiro atoms. The smallest absolute Gasteiger partial charge is 0.371 e. The van der Waals surface area contributed by atoms with Gasteiger partial charge in [0.1, 0.15) is 5.75 Å². The summed E-state index contributed by atoms with van der Waals surface area (Å²) >= 11 is 0. The van der Waals surface area contributed by atoms with Crippen LogP contribution in [0.5, 0.6) is 5.75 Å². The molecule has 0 saturated heterocycles. The third kappa shape index (κ3) is 11.0. The van der Waals surface area contributed by atoms with Crippen molar-refractivity contribution in [3.8, 4) is 5.75 Å². The van der Waals surface area contributed by atoms with E-state index in [-0.39, 0.29) is 17.6 Å². The molecular formula is C24H33N3O5S. The molecule has 0 aliphatic carbocycles. The van der Waals surface area contributed by atoms with E-state index in [1.807, 2.05) is 0 Å². The average Bonchev–Trinajstić information content (AvgIpc) is 2.76. The fourth-order valence-electron chi connectivity index (χ4n) is 3.30. The molecule has 4 N–H and O–H groups in total. The van der Waals surface area contributed by atoms with Gasteiger partial charge in [-0.1, -0.05) is 57.2 Å². The van der Waals surface area contributed by atoms with Gasteiger partial charge >= 0.3 is 10.3 Å². The molecule has 0 aliphatic rings. The van der Waals surface area contributed by atoms with Crippen molar-refractivity contribution in [2.75, 3.05) is 11.9 Å². The molecule has 0 bridgehead atoms. The molecule has 0 unspecified atom stereocenters. The van der Waals surface area contributed by atoms with Crippen LogP contribution < -0.4 is 20.0 Å². The normalized spacial score (nSPS) is 11.1. The van der Waals surface area contributed by atoms with E-state index in [4.69, 9.17) is 5.14 Å². The Hall–Kier alpha value is -2.91. The number of carbonyl (C=O) groups is 2. The van der Waals surface area contributed by atoms with Crippen LogP contribution in [0.15, 0.2) is 48.5 Å². The third-order valence-electron chi connectivity index (χ3n) is 5.00. The Kier molecular flexibility index (Phi) is 10.9. The van der Waals surface area contributed by atoms with Crippen molar-refractivity contribution in [3.05, 3.63) is 59.7 Å². The molecule has 2 amide bonds. The molecule has 0 aromatic heterocycles. The molecule has 0 atom stereocenters. The van der Waals surface area contributed by atoms with E-state index in [2.05, 4.69) is 21.7 Å². The lowest BCUT2D eigenvalue weighted by molar-refractivity contribution is -0.116. The summed E-state index contributed by atoms with van der Waals surface area (Å²) in [5.74, 6) is -0.158. The van der Waals surface area contributed by atoms with Crippen LogP contribution >= 0.6 is 0 Å². The summed E-state index contributed by atoms with van der Waals surface area (Å²) in [6.45, 7) is 2.57. The highest BCUT2D eigenvalue weighted by molar-refractivity contribution is 7.84. The summed E-state index contributed by atoms with van der Waals surface area (Å²) < 4.78 is 26.4. The standard InChI is InChI=1S/C24H33N3O5S/c1-2-3-4-5-6-7-11-23(28)27-21-10-8-9-20(18-21)24(29)26-17-16-19-12-14-22(15-13-19)32-33(25,30)31/h8-10,12-15,18H,2-7,11,16-17H2,1H3,(H,26,29)(H,27,28)(H2,25,30,31). The highest BCUT2D eigenvalue weighted by Crippen LogP contribution is 2.15. The van der Waals surface area contributed by atoms with Gasteiger partial charge in [-0.2, -0.15) is 13.6 Å². The molecule has 0 heterocycles. The van der Waals surface area contributed by atoms with Gasteiger partial charge in [-0.15, -0.1) is 0 Å². The molecule has 9 heteroatoms. The van der Waals surface area contributed by atoms with Crippen LogP contribution in [0.4, 0.5) is 5.69 Å². The topological polar surface area (TPSA) is 128 Å². The first-order valence-corrected chi connectivity index (χ1v) is 12.7. The van der Waals surface area contributed by atoms with Crippen LogP contribution in [0.2, 0.25) is 0 Å². The second kappa shape index (κ2) is 13.6. The van der Waals surface area contributed by atoms with Crippen LogP contribution in [0.1, 0.15) is 67.8 Å². The van der Waals surface area contributed by atoms with Crippen LogP contribution in [-0.4, -0.2) is 26.8 Å². The quantitative estimate of drug-likeness (QED) is 0.357. The summed E-state index contributed by atoms with van der Waals surface area (Å²) in [6, 6.07) is 13.3. The Bertz CT molecular complexity index is 1010. The van der Waals surface area contributed by atoms with Gasteiger partial charge in [-0.05, 0) is 48.7 Å². The highest BCUT2D eigenvalue weighted by atomic mass is 32.2. The Balaban J connectivity index is 1.75. The van der Waals surface area contributed by atoms with Gasteiger partial charge in [0.25, 0.3) is 5.91 Å². The van der Waals surface area contributed by atoms with E-state index in [1.54, 1.807) is 36.4 Å². The SMILES string of the molecule is CCCCCCCCC(=O)Nc1cccc(C(=O)NCCc2ccc(OS(N)(=O)=O)cc2)c1. The molecule has 8 nitrogen and oxygen atoms in total. The van der Waals surface area contributed by atoms with Gasteiger partial charge in [0.2, 0.25) is 5.91 Å². The number of hydrogen-bond donors (Lipinski definition) is 3. The maximum absolute atomic E-state index is 12.5.